The van der Waals surface area contributed by atoms with Gasteiger partial charge in [0.05, 0.1) is 23.8 Å². The molecule has 0 unspecified atom stereocenters. The van der Waals surface area contributed by atoms with Crippen LogP contribution in [0.3, 0.4) is 0 Å². The van der Waals surface area contributed by atoms with Crippen molar-refractivity contribution in [2.45, 2.75) is 20.4 Å². The highest BCUT2D eigenvalue weighted by molar-refractivity contribution is 5.94. The maximum atomic E-state index is 12.2. The van der Waals surface area contributed by atoms with Gasteiger partial charge < -0.3 is 15.2 Å². The zero-order valence-corrected chi connectivity index (χ0v) is 16.9. The molecule has 0 spiro atoms. The van der Waals surface area contributed by atoms with Gasteiger partial charge in [0.1, 0.15) is 11.3 Å². The summed E-state index contributed by atoms with van der Waals surface area (Å²) in [4.78, 5) is 21.1. The van der Waals surface area contributed by atoms with E-state index in [1.165, 1.54) is 6.20 Å². The molecule has 0 fully saturated rings. The number of carbonyl (C=O) groups excluding carboxylic acids is 1. The Bertz CT molecular complexity index is 1200. The summed E-state index contributed by atoms with van der Waals surface area (Å²) in [7, 11) is 1.85. The first kappa shape index (κ1) is 19.3. The van der Waals surface area contributed by atoms with E-state index >= 15 is 0 Å². The standard InChI is InChI=1S/C21H21N7O2/c1-13-8-15(4-5-16(13)9-23-20(29)18-11-25-30-14(18)2)19-6-7-22-21(27-19)26-17-10-24-28(3)12-17/h4-8,10-12H,9H2,1-3H3,(H,23,29)(H,22,26,27). The number of amides is 1. The van der Waals surface area contributed by atoms with Gasteiger partial charge in [-0.2, -0.15) is 5.10 Å². The number of benzene rings is 1. The number of anilines is 2. The molecule has 0 aliphatic rings. The van der Waals surface area contributed by atoms with Crippen LogP contribution in [0.2, 0.25) is 0 Å². The number of aryl methyl sites for hydroxylation is 3. The Hall–Kier alpha value is -4.01. The first-order valence-corrected chi connectivity index (χ1v) is 9.37. The van der Waals surface area contributed by atoms with E-state index in [1.54, 1.807) is 24.0 Å². The van der Waals surface area contributed by atoms with Gasteiger partial charge in [-0.3, -0.25) is 9.48 Å². The lowest BCUT2D eigenvalue weighted by molar-refractivity contribution is 0.0949. The van der Waals surface area contributed by atoms with Crippen molar-refractivity contribution in [3.05, 3.63) is 71.5 Å². The predicted molar refractivity (Wildman–Crippen MR) is 111 cm³/mol. The number of nitrogens with zero attached hydrogens (tertiary/aromatic N) is 5. The molecule has 0 saturated carbocycles. The second-order valence-corrected chi connectivity index (χ2v) is 6.91. The van der Waals surface area contributed by atoms with Crippen LogP contribution in [0, 0.1) is 13.8 Å². The molecule has 3 heterocycles. The summed E-state index contributed by atoms with van der Waals surface area (Å²) in [5.74, 6) is 0.789. The first-order valence-electron chi connectivity index (χ1n) is 9.37. The summed E-state index contributed by atoms with van der Waals surface area (Å²) >= 11 is 0. The first-order chi connectivity index (χ1) is 14.5. The van der Waals surface area contributed by atoms with E-state index in [1.807, 2.05) is 44.4 Å². The third kappa shape index (κ3) is 4.19. The minimum Gasteiger partial charge on any atom is -0.361 e. The SMILES string of the molecule is Cc1cc(-c2ccnc(Nc3cnn(C)c3)n2)ccc1CNC(=O)c1cnoc1C. The van der Waals surface area contributed by atoms with Gasteiger partial charge >= 0.3 is 0 Å². The molecule has 0 atom stereocenters. The number of carbonyl (C=O) groups is 1. The number of hydrogen-bond donors (Lipinski definition) is 2. The van der Waals surface area contributed by atoms with Crippen molar-refractivity contribution in [3.8, 4) is 11.3 Å². The molecular weight excluding hydrogens is 382 g/mol. The van der Waals surface area contributed by atoms with E-state index in [-0.39, 0.29) is 5.91 Å². The quantitative estimate of drug-likeness (QED) is 0.509. The fourth-order valence-corrected chi connectivity index (χ4v) is 3.04. The number of aromatic nitrogens is 5. The van der Waals surface area contributed by atoms with Crippen LogP contribution in [0.1, 0.15) is 27.2 Å². The molecule has 4 aromatic rings. The van der Waals surface area contributed by atoms with E-state index < -0.39 is 0 Å². The molecular formula is C21H21N7O2. The molecule has 0 bridgehead atoms. The molecule has 1 amide bonds. The minimum absolute atomic E-state index is 0.209. The Morgan fingerprint density at radius 3 is 2.77 bits per heavy atom. The molecule has 9 heteroatoms. The fraction of sp³-hybridized carbons (Fsp3) is 0.190. The highest BCUT2D eigenvalue weighted by atomic mass is 16.5. The van der Waals surface area contributed by atoms with Crippen LogP contribution >= 0.6 is 0 Å². The van der Waals surface area contributed by atoms with Crippen molar-refractivity contribution < 1.29 is 9.32 Å². The third-order valence-electron chi connectivity index (χ3n) is 4.69. The molecule has 0 radical (unpaired) electrons. The van der Waals surface area contributed by atoms with Crippen molar-refractivity contribution in [3.63, 3.8) is 0 Å². The van der Waals surface area contributed by atoms with Crippen molar-refractivity contribution in [2.75, 3.05) is 5.32 Å². The van der Waals surface area contributed by atoms with Gasteiger partial charge in [0.15, 0.2) is 0 Å². The second-order valence-electron chi connectivity index (χ2n) is 6.91. The largest absolute Gasteiger partial charge is 0.361 e. The lowest BCUT2D eigenvalue weighted by atomic mass is 10.0. The van der Waals surface area contributed by atoms with E-state index in [0.29, 0.717) is 23.8 Å². The molecule has 0 aliphatic carbocycles. The van der Waals surface area contributed by atoms with E-state index in [2.05, 4.69) is 30.9 Å². The summed E-state index contributed by atoms with van der Waals surface area (Å²) in [5.41, 5.74) is 5.10. The smallest absolute Gasteiger partial charge is 0.256 e. The van der Waals surface area contributed by atoms with Crippen LogP contribution in [0.25, 0.3) is 11.3 Å². The number of nitrogens with one attached hydrogen (secondary N) is 2. The van der Waals surface area contributed by atoms with Crippen molar-refractivity contribution in [2.24, 2.45) is 7.05 Å². The molecule has 30 heavy (non-hydrogen) atoms. The summed E-state index contributed by atoms with van der Waals surface area (Å²) < 4.78 is 6.65. The molecule has 2 N–H and O–H groups in total. The van der Waals surface area contributed by atoms with Crippen LogP contribution < -0.4 is 10.6 Å². The predicted octanol–water partition coefficient (Wildman–Crippen LogP) is 3.16. The lowest BCUT2D eigenvalue weighted by Crippen LogP contribution is -2.23. The van der Waals surface area contributed by atoms with Crippen molar-refractivity contribution in [1.29, 1.82) is 0 Å². The van der Waals surface area contributed by atoms with Crippen LogP contribution in [0.5, 0.6) is 0 Å². The molecule has 0 saturated heterocycles. The zero-order chi connectivity index (χ0) is 21.1. The number of hydrogen-bond acceptors (Lipinski definition) is 7. The Labute approximate surface area is 173 Å². The minimum atomic E-state index is -0.209. The summed E-state index contributed by atoms with van der Waals surface area (Å²) in [6, 6.07) is 7.87. The lowest BCUT2D eigenvalue weighted by Gasteiger charge is -2.10. The van der Waals surface area contributed by atoms with Gasteiger partial charge in [-0.1, -0.05) is 17.3 Å². The topological polar surface area (TPSA) is 111 Å². The maximum Gasteiger partial charge on any atom is 0.256 e. The van der Waals surface area contributed by atoms with Crippen LogP contribution in [0.4, 0.5) is 11.6 Å². The average molecular weight is 403 g/mol. The van der Waals surface area contributed by atoms with Crippen LogP contribution in [-0.4, -0.2) is 30.8 Å². The number of rotatable bonds is 6. The van der Waals surface area contributed by atoms with Gasteiger partial charge in [0.2, 0.25) is 5.95 Å². The fourth-order valence-electron chi connectivity index (χ4n) is 3.04. The summed E-state index contributed by atoms with van der Waals surface area (Å²) in [5, 5.41) is 13.8. The molecule has 3 aromatic heterocycles. The normalized spacial score (nSPS) is 10.8. The Kier molecular flexibility index (Phi) is 5.25. The zero-order valence-electron chi connectivity index (χ0n) is 16.9. The van der Waals surface area contributed by atoms with Gasteiger partial charge in [0.25, 0.3) is 5.91 Å². The average Bonchev–Trinajstić information content (AvgIpc) is 3.35. The van der Waals surface area contributed by atoms with E-state index in [4.69, 9.17) is 4.52 Å². The van der Waals surface area contributed by atoms with E-state index in [9.17, 15) is 4.79 Å². The van der Waals surface area contributed by atoms with Gasteiger partial charge in [-0.25, -0.2) is 9.97 Å². The third-order valence-corrected chi connectivity index (χ3v) is 4.69. The Balaban J connectivity index is 1.47. The van der Waals surface area contributed by atoms with Gasteiger partial charge in [-0.05, 0) is 37.1 Å². The molecule has 152 valence electrons. The van der Waals surface area contributed by atoms with Crippen molar-refractivity contribution >= 4 is 17.5 Å². The second kappa shape index (κ2) is 8.16. The molecule has 4 rings (SSSR count). The van der Waals surface area contributed by atoms with Gasteiger partial charge in [0, 0.05) is 31.5 Å². The van der Waals surface area contributed by atoms with Gasteiger partial charge in [-0.15, -0.1) is 0 Å². The summed E-state index contributed by atoms with van der Waals surface area (Å²) in [6.07, 6.45) is 6.70. The highest BCUT2D eigenvalue weighted by Gasteiger charge is 2.13. The Morgan fingerprint density at radius 1 is 1.20 bits per heavy atom. The highest BCUT2D eigenvalue weighted by Crippen LogP contribution is 2.22. The monoisotopic (exact) mass is 403 g/mol. The molecule has 0 aliphatic heterocycles. The van der Waals surface area contributed by atoms with Crippen molar-refractivity contribution in [1.82, 2.24) is 30.2 Å². The summed E-state index contributed by atoms with van der Waals surface area (Å²) in [6.45, 7) is 4.12. The Morgan fingerprint density at radius 2 is 2.07 bits per heavy atom. The van der Waals surface area contributed by atoms with Crippen LogP contribution in [-0.2, 0) is 13.6 Å². The van der Waals surface area contributed by atoms with Crippen LogP contribution in [0.15, 0.2) is 53.6 Å². The molecule has 1 aromatic carbocycles. The maximum absolute atomic E-state index is 12.2. The van der Waals surface area contributed by atoms with E-state index in [0.717, 1.165) is 28.1 Å². The molecule has 9 nitrogen and oxygen atoms in total.